The van der Waals surface area contributed by atoms with Crippen LogP contribution in [-0.4, -0.2) is 74.9 Å². The SMILES string of the molecule is CCCCC/C=C\C/C=C\CCCCCCCCCC(=O)OC[C@H](COP(=O)(O)OCC[N+](C)(C)C)OC(=O)CCCCCCCCCCCCCCCCC. The van der Waals surface area contributed by atoms with Gasteiger partial charge in [-0.3, -0.25) is 18.6 Å². The van der Waals surface area contributed by atoms with Crippen molar-refractivity contribution in [1.82, 2.24) is 0 Å². The predicted octanol–water partition coefficient (Wildman–Crippen LogP) is 13.1. The van der Waals surface area contributed by atoms with Crippen molar-refractivity contribution < 1.29 is 42.1 Å². The third-order valence-corrected chi connectivity index (χ3v) is 11.0. The molecule has 2 atom stereocenters. The number of carbonyl (C=O) groups is 2. The lowest BCUT2D eigenvalue weighted by Gasteiger charge is -2.24. The van der Waals surface area contributed by atoms with Gasteiger partial charge >= 0.3 is 19.8 Å². The first-order valence-corrected chi connectivity index (χ1v) is 24.6. The van der Waals surface area contributed by atoms with Crippen molar-refractivity contribution in [2.45, 2.75) is 213 Å². The second kappa shape index (κ2) is 39.0. The molecule has 0 aromatic rings. The van der Waals surface area contributed by atoms with E-state index in [0.717, 1.165) is 51.4 Å². The van der Waals surface area contributed by atoms with Gasteiger partial charge in [-0.05, 0) is 44.9 Å². The van der Waals surface area contributed by atoms with E-state index in [1.54, 1.807) is 0 Å². The van der Waals surface area contributed by atoms with E-state index in [2.05, 4.69) is 38.2 Å². The number of allylic oxidation sites excluding steroid dienone is 4. The molecule has 0 aliphatic carbocycles. The van der Waals surface area contributed by atoms with E-state index in [-0.39, 0.29) is 32.0 Å². The molecule has 0 saturated carbocycles. The molecule has 0 amide bonds. The maximum absolute atomic E-state index is 12.7. The first-order valence-electron chi connectivity index (χ1n) is 23.1. The van der Waals surface area contributed by atoms with Crippen LogP contribution in [0.1, 0.15) is 206 Å². The minimum absolute atomic E-state index is 0.0324. The highest BCUT2D eigenvalue weighted by atomic mass is 31.2. The molecule has 0 rings (SSSR count). The van der Waals surface area contributed by atoms with Gasteiger partial charge < -0.3 is 18.9 Å². The van der Waals surface area contributed by atoms with Gasteiger partial charge in [-0.15, -0.1) is 0 Å². The summed E-state index contributed by atoms with van der Waals surface area (Å²) in [5.74, 6) is -0.799. The molecule has 56 heavy (non-hydrogen) atoms. The summed E-state index contributed by atoms with van der Waals surface area (Å²) >= 11 is 0. The van der Waals surface area contributed by atoms with E-state index in [1.807, 2.05) is 21.1 Å². The van der Waals surface area contributed by atoms with Gasteiger partial charge in [0, 0.05) is 12.8 Å². The molecule has 330 valence electrons. The molecule has 0 aliphatic heterocycles. The number of carbonyl (C=O) groups excluding carboxylic acids is 2. The van der Waals surface area contributed by atoms with Gasteiger partial charge in [0.2, 0.25) is 0 Å². The summed E-state index contributed by atoms with van der Waals surface area (Å²) in [4.78, 5) is 35.4. The fourth-order valence-corrected chi connectivity index (χ4v) is 7.08. The molecular formula is C46H89NO8P+. The van der Waals surface area contributed by atoms with Crippen molar-refractivity contribution >= 4 is 19.8 Å². The molecule has 0 bridgehead atoms. The second-order valence-corrected chi connectivity index (χ2v) is 18.2. The van der Waals surface area contributed by atoms with Gasteiger partial charge in [-0.1, -0.05) is 173 Å². The summed E-state index contributed by atoms with van der Waals surface area (Å²) in [6, 6.07) is 0. The Balaban J connectivity index is 4.32. The zero-order valence-electron chi connectivity index (χ0n) is 37.1. The quantitative estimate of drug-likeness (QED) is 0.0213. The van der Waals surface area contributed by atoms with Gasteiger partial charge in [0.05, 0.1) is 27.7 Å². The molecule has 0 aromatic heterocycles. The molecule has 9 nitrogen and oxygen atoms in total. The number of hydrogen-bond donors (Lipinski definition) is 1. The predicted molar refractivity (Wildman–Crippen MR) is 234 cm³/mol. The molecule has 1 N–H and O–H groups in total. The van der Waals surface area contributed by atoms with Gasteiger partial charge in [0.15, 0.2) is 6.10 Å². The third kappa shape index (κ3) is 42.1. The molecule has 0 aromatic carbocycles. The fourth-order valence-electron chi connectivity index (χ4n) is 6.34. The Kier molecular flexibility index (Phi) is 37.9. The Bertz CT molecular complexity index is 1010. The lowest BCUT2D eigenvalue weighted by atomic mass is 10.0. The number of esters is 2. The van der Waals surface area contributed by atoms with Crippen molar-refractivity contribution in [1.29, 1.82) is 0 Å². The first kappa shape index (κ1) is 54.5. The van der Waals surface area contributed by atoms with Gasteiger partial charge in [-0.25, -0.2) is 4.57 Å². The van der Waals surface area contributed by atoms with E-state index >= 15 is 0 Å². The van der Waals surface area contributed by atoms with Crippen LogP contribution in [-0.2, 0) is 32.7 Å². The summed E-state index contributed by atoms with van der Waals surface area (Å²) in [5.41, 5.74) is 0. The number of quaternary nitrogens is 1. The summed E-state index contributed by atoms with van der Waals surface area (Å²) in [7, 11) is 1.48. The van der Waals surface area contributed by atoms with Crippen LogP contribution < -0.4 is 0 Å². The fraction of sp³-hybridized carbons (Fsp3) is 0.870. The average molecular weight is 815 g/mol. The molecule has 0 spiro atoms. The van der Waals surface area contributed by atoms with Crippen molar-refractivity contribution in [2.75, 3.05) is 47.5 Å². The molecule has 0 fully saturated rings. The standard InChI is InChI=1S/C46H88NO8P/c1-6-8-10-12-14-16-18-20-22-23-25-26-28-30-32-34-36-38-45(48)52-42-44(43-54-56(50,51)53-41-40-47(3,4)5)55-46(49)39-37-35-33-31-29-27-24-21-19-17-15-13-11-9-7-2/h14,16,20,22,44H,6-13,15,17-19,21,23-43H2,1-5H3/p+1/b16-14-,22-20-/t44-/m1/s1. The van der Waals surface area contributed by atoms with Crippen LogP contribution in [0.3, 0.4) is 0 Å². The first-order chi connectivity index (χ1) is 27.0. The van der Waals surface area contributed by atoms with Gasteiger partial charge in [0.25, 0.3) is 0 Å². The van der Waals surface area contributed by atoms with Crippen molar-refractivity contribution in [3.63, 3.8) is 0 Å². The zero-order chi connectivity index (χ0) is 41.4. The number of phosphoric ester groups is 1. The van der Waals surface area contributed by atoms with Crippen LogP contribution in [0.5, 0.6) is 0 Å². The Morgan fingerprint density at radius 3 is 1.45 bits per heavy atom. The Hall–Kier alpha value is -1.51. The molecule has 10 heteroatoms. The normalized spacial score (nSPS) is 13.8. The second-order valence-electron chi connectivity index (χ2n) is 16.8. The number of ether oxygens (including phenoxy) is 2. The van der Waals surface area contributed by atoms with E-state index < -0.39 is 26.5 Å². The Labute approximate surface area is 345 Å². The van der Waals surface area contributed by atoms with Crippen LogP contribution in [0.15, 0.2) is 24.3 Å². The number of phosphoric acid groups is 1. The maximum atomic E-state index is 12.7. The Morgan fingerprint density at radius 2 is 0.964 bits per heavy atom. The lowest BCUT2D eigenvalue weighted by molar-refractivity contribution is -0.870. The largest absolute Gasteiger partial charge is 0.472 e. The van der Waals surface area contributed by atoms with Gasteiger partial charge in [-0.2, -0.15) is 0 Å². The molecule has 0 heterocycles. The number of nitrogens with zero attached hydrogens (tertiary/aromatic N) is 1. The summed E-state index contributed by atoms with van der Waals surface area (Å²) in [6.45, 7) is 4.41. The summed E-state index contributed by atoms with van der Waals surface area (Å²) in [6.07, 6.45) is 42.1. The number of unbranched alkanes of at least 4 members (excludes halogenated alkanes) is 24. The molecular weight excluding hydrogens is 725 g/mol. The minimum Gasteiger partial charge on any atom is -0.462 e. The minimum atomic E-state index is -4.37. The molecule has 0 saturated heterocycles. The highest BCUT2D eigenvalue weighted by Gasteiger charge is 2.27. The monoisotopic (exact) mass is 815 g/mol. The van der Waals surface area contributed by atoms with Crippen molar-refractivity contribution in [3.05, 3.63) is 24.3 Å². The van der Waals surface area contributed by atoms with Crippen LogP contribution in [0.4, 0.5) is 0 Å². The number of rotatable bonds is 42. The number of hydrogen-bond acceptors (Lipinski definition) is 7. The van der Waals surface area contributed by atoms with Crippen LogP contribution in [0.2, 0.25) is 0 Å². The van der Waals surface area contributed by atoms with Crippen molar-refractivity contribution in [3.8, 4) is 0 Å². The summed E-state index contributed by atoms with van der Waals surface area (Å²) < 4.78 is 34.3. The van der Waals surface area contributed by atoms with E-state index in [1.165, 1.54) is 122 Å². The topological polar surface area (TPSA) is 108 Å². The highest BCUT2D eigenvalue weighted by molar-refractivity contribution is 7.47. The van der Waals surface area contributed by atoms with E-state index in [0.29, 0.717) is 17.4 Å². The average Bonchev–Trinajstić information content (AvgIpc) is 3.15. The van der Waals surface area contributed by atoms with Crippen LogP contribution in [0, 0.1) is 0 Å². The van der Waals surface area contributed by atoms with E-state index in [4.69, 9.17) is 18.5 Å². The highest BCUT2D eigenvalue weighted by Crippen LogP contribution is 2.43. The van der Waals surface area contributed by atoms with Crippen LogP contribution >= 0.6 is 7.82 Å². The smallest absolute Gasteiger partial charge is 0.462 e. The molecule has 0 radical (unpaired) electrons. The van der Waals surface area contributed by atoms with Crippen LogP contribution in [0.25, 0.3) is 0 Å². The van der Waals surface area contributed by atoms with Crippen molar-refractivity contribution in [2.24, 2.45) is 0 Å². The third-order valence-electron chi connectivity index (χ3n) is 9.98. The number of likely N-dealkylation sites (N-methyl/N-ethyl adjacent to an activating group) is 1. The Morgan fingerprint density at radius 1 is 0.554 bits per heavy atom. The zero-order valence-corrected chi connectivity index (χ0v) is 38.0. The molecule has 1 unspecified atom stereocenters. The lowest BCUT2D eigenvalue weighted by Crippen LogP contribution is -2.37. The van der Waals surface area contributed by atoms with Gasteiger partial charge in [0.1, 0.15) is 19.8 Å². The van der Waals surface area contributed by atoms with E-state index in [9.17, 15) is 19.0 Å². The summed E-state index contributed by atoms with van der Waals surface area (Å²) in [5, 5.41) is 0. The maximum Gasteiger partial charge on any atom is 0.472 e. The molecule has 0 aliphatic rings.